The van der Waals surface area contributed by atoms with Gasteiger partial charge in [0.25, 0.3) is 5.91 Å². The molecule has 0 aliphatic heterocycles. The highest BCUT2D eigenvalue weighted by molar-refractivity contribution is 6.37. The summed E-state index contributed by atoms with van der Waals surface area (Å²) in [6.45, 7) is 1.05. The van der Waals surface area contributed by atoms with Gasteiger partial charge in [-0.25, -0.2) is 0 Å². The van der Waals surface area contributed by atoms with E-state index in [9.17, 15) is 4.79 Å². The van der Waals surface area contributed by atoms with E-state index < -0.39 is 0 Å². The van der Waals surface area contributed by atoms with Gasteiger partial charge in [0.1, 0.15) is 12.4 Å². The minimum absolute atomic E-state index is 0. The van der Waals surface area contributed by atoms with Crippen molar-refractivity contribution in [1.82, 2.24) is 0 Å². The van der Waals surface area contributed by atoms with Crippen LogP contribution in [0.1, 0.15) is 15.9 Å². The first-order chi connectivity index (χ1) is 14.0. The normalized spacial score (nSPS) is 10.3. The topological polar surface area (TPSA) is 55.6 Å². The summed E-state index contributed by atoms with van der Waals surface area (Å²) in [5.74, 6) is 0.433. The SMILES string of the molecule is Cl.NCCN(C(=O)c1ccc(Cl)cc1Cl)c1ccc(OCc2cccc(Cl)c2)cc1. The molecule has 1 amide bonds. The van der Waals surface area contributed by atoms with Gasteiger partial charge in [-0.05, 0) is 60.2 Å². The van der Waals surface area contributed by atoms with Gasteiger partial charge in [-0.3, -0.25) is 4.79 Å². The zero-order valence-electron chi connectivity index (χ0n) is 15.9. The fourth-order valence-corrected chi connectivity index (χ4v) is 3.50. The maximum Gasteiger partial charge on any atom is 0.259 e. The average Bonchev–Trinajstić information content (AvgIpc) is 2.71. The van der Waals surface area contributed by atoms with Crippen LogP contribution in [0.4, 0.5) is 5.69 Å². The molecular weight excluding hydrogens is 466 g/mol. The molecule has 0 aliphatic carbocycles. The molecule has 8 heteroatoms. The smallest absolute Gasteiger partial charge is 0.259 e. The van der Waals surface area contributed by atoms with E-state index in [4.69, 9.17) is 45.3 Å². The van der Waals surface area contributed by atoms with Gasteiger partial charge in [-0.1, -0.05) is 46.9 Å². The van der Waals surface area contributed by atoms with E-state index in [1.165, 1.54) is 0 Å². The lowest BCUT2D eigenvalue weighted by atomic mass is 10.1. The van der Waals surface area contributed by atoms with Gasteiger partial charge >= 0.3 is 0 Å². The third-order valence-corrected chi connectivity index (χ3v) is 4.99. The highest BCUT2D eigenvalue weighted by atomic mass is 35.5. The van der Waals surface area contributed by atoms with Gasteiger partial charge in [-0.15, -0.1) is 12.4 Å². The molecule has 0 fully saturated rings. The van der Waals surface area contributed by atoms with Crippen LogP contribution in [-0.2, 0) is 6.61 Å². The Morgan fingerprint density at radius 1 is 0.933 bits per heavy atom. The first kappa shape index (κ1) is 24.3. The maximum atomic E-state index is 13.0. The summed E-state index contributed by atoms with van der Waals surface area (Å²) in [5.41, 5.74) is 7.75. The van der Waals surface area contributed by atoms with Crippen LogP contribution in [0.2, 0.25) is 15.1 Å². The van der Waals surface area contributed by atoms with Gasteiger partial charge in [0, 0.05) is 28.8 Å². The summed E-state index contributed by atoms with van der Waals surface area (Å²) >= 11 is 18.1. The Labute approximate surface area is 196 Å². The molecule has 158 valence electrons. The first-order valence-electron chi connectivity index (χ1n) is 8.92. The largest absolute Gasteiger partial charge is 0.489 e. The number of carbonyl (C=O) groups is 1. The van der Waals surface area contributed by atoms with Crippen molar-refractivity contribution in [3.8, 4) is 5.75 Å². The second-order valence-electron chi connectivity index (χ2n) is 6.28. The predicted octanol–water partition coefficient (Wildman–Crippen LogP) is 6.25. The summed E-state index contributed by atoms with van der Waals surface area (Å²) in [5, 5.41) is 1.43. The molecule has 0 aliphatic rings. The van der Waals surface area contributed by atoms with Gasteiger partial charge in [0.05, 0.1) is 10.6 Å². The Morgan fingerprint density at radius 2 is 1.63 bits per heavy atom. The molecule has 0 saturated heterocycles. The van der Waals surface area contributed by atoms with Crippen LogP contribution in [0.5, 0.6) is 5.75 Å². The molecule has 0 spiro atoms. The molecule has 0 bridgehead atoms. The van der Waals surface area contributed by atoms with E-state index in [1.54, 1.807) is 35.2 Å². The lowest BCUT2D eigenvalue weighted by Crippen LogP contribution is -2.35. The molecule has 2 N–H and O–H groups in total. The van der Waals surface area contributed by atoms with Gasteiger partial charge in [-0.2, -0.15) is 0 Å². The van der Waals surface area contributed by atoms with E-state index >= 15 is 0 Å². The van der Waals surface area contributed by atoms with Crippen molar-refractivity contribution in [3.05, 3.63) is 92.9 Å². The molecule has 0 atom stereocenters. The minimum atomic E-state index is -0.246. The highest BCUT2D eigenvalue weighted by Crippen LogP contribution is 2.26. The molecule has 30 heavy (non-hydrogen) atoms. The zero-order chi connectivity index (χ0) is 20.8. The van der Waals surface area contributed by atoms with Gasteiger partial charge < -0.3 is 15.4 Å². The van der Waals surface area contributed by atoms with E-state index in [-0.39, 0.29) is 18.3 Å². The Bertz CT molecular complexity index is 997. The van der Waals surface area contributed by atoms with Gasteiger partial charge in [0.2, 0.25) is 0 Å². The van der Waals surface area contributed by atoms with Crippen LogP contribution >= 0.6 is 47.2 Å². The van der Waals surface area contributed by atoms with Crippen LogP contribution in [0.15, 0.2) is 66.7 Å². The molecule has 0 heterocycles. The number of nitrogens with zero attached hydrogens (tertiary/aromatic N) is 1. The van der Waals surface area contributed by atoms with Crippen LogP contribution < -0.4 is 15.4 Å². The summed E-state index contributed by atoms with van der Waals surface area (Å²) in [7, 11) is 0. The number of hydrogen-bond donors (Lipinski definition) is 1. The molecular formula is C22H20Cl4N2O2. The van der Waals surface area contributed by atoms with Crippen molar-refractivity contribution in [1.29, 1.82) is 0 Å². The fourth-order valence-electron chi connectivity index (χ4n) is 2.80. The second-order valence-corrected chi connectivity index (χ2v) is 7.56. The van der Waals surface area contributed by atoms with Crippen molar-refractivity contribution in [2.75, 3.05) is 18.0 Å². The molecule has 3 aromatic carbocycles. The maximum absolute atomic E-state index is 13.0. The molecule has 4 nitrogen and oxygen atoms in total. The van der Waals surface area contributed by atoms with Gasteiger partial charge in [0.15, 0.2) is 0 Å². The Balaban J connectivity index is 0.00000320. The quantitative estimate of drug-likeness (QED) is 0.430. The molecule has 0 radical (unpaired) electrons. The van der Waals surface area contributed by atoms with E-state index in [2.05, 4.69) is 0 Å². The lowest BCUT2D eigenvalue weighted by molar-refractivity contribution is 0.0987. The highest BCUT2D eigenvalue weighted by Gasteiger charge is 2.20. The molecule has 0 unspecified atom stereocenters. The van der Waals surface area contributed by atoms with E-state index in [0.717, 1.165) is 5.56 Å². The monoisotopic (exact) mass is 484 g/mol. The molecule has 3 rings (SSSR count). The summed E-state index contributed by atoms with van der Waals surface area (Å²) < 4.78 is 5.80. The van der Waals surface area contributed by atoms with E-state index in [0.29, 0.717) is 51.8 Å². The second kappa shape index (κ2) is 11.4. The van der Waals surface area contributed by atoms with Crippen molar-refractivity contribution < 1.29 is 9.53 Å². The average molecular weight is 486 g/mol. The number of carbonyl (C=O) groups excluding carboxylic acids is 1. The fraction of sp³-hybridized carbons (Fsp3) is 0.136. The lowest BCUT2D eigenvalue weighted by Gasteiger charge is -2.23. The van der Waals surface area contributed by atoms with Crippen molar-refractivity contribution in [2.24, 2.45) is 5.73 Å². The Hall–Kier alpha value is -1.95. The Kier molecular flexibility index (Phi) is 9.28. The summed E-state index contributed by atoms with van der Waals surface area (Å²) in [4.78, 5) is 14.6. The number of rotatable bonds is 7. The number of hydrogen-bond acceptors (Lipinski definition) is 3. The zero-order valence-corrected chi connectivity index (χ0v) is 18.9. The van der Waals surface area contributed by atoms with E-state index in [1.807, 2.05) is 36.4 Å². The Morgan fingerprint density at radius 3 is 2.27 bits per heavy atom. The summed E-state index contributed by atoms with van der Waals surface area (Å²) in [6, 6.07) is 19.5. The number of halogens is 4. The summed E-state index contributed by atoms with van der Waals surface area (Å²) in [6.07, 6.45) is 0. The third kappa shape index (κ3) is 6.27. The number of nitrogens with two attached hydrogens (primary N) is 1. The van der Waals surface area contributed by atoms with Crippen molar-refractivity contribution in [2.45, 2.75) is 6.61 Å². The van der Waals surface area contributed by atoms with Crippen molar-refractivity contribution >= 4 is 58.8 Å². The third-order valence-electron chi connectivity index (χ3n) is 4.20. The molecule has 3 aromatic rings. The molecule has 0 saturated carbocycles. The standard InChI is InChI=1S/C22H19Cl3N2O2.ClH/c23-16-3-1-2-15(12-16)14-29-19-7-5-18(6-8-19)27(11-10-26)22(28)20-9-4-17(24)13-21(20)25;/h1-9,12-13H,10-11,14,26H2;1H. The number of amides is 1. The van der Waals surface area contributed by atoms with Crippen molar-refractivity contribution in [3.63, 3.8) is 0 Å². The minimum Gasteiger partial charge on any atom is -0.489 e. The van der Waals surface area contributed by atoms with Crippen LogP contribution in [0.25, 0.3) is 0 Å². The number of benzene rings is 3. The first-order valence-corrected chi connectivity index (χ1v) is 10.1. The van der Waals surface area contributed by atoms with Crippen LogP contribution in [0.3, 0.4) is 0 Å². The number of anilines is 1. The molecule has 0 aromatic heterocycles. The van der Waals surface area contributed by atoms with Crippen LogP contribution in [0, 0.1) is 0 Å². The number of ether oxygens (including phenoxy) is 1. The predicted molar refractivity (Wildman–Crippen MR) is 127 cm³/mol. The van der Waals surface area contributed by atoms with Crippen LogP contribution in [-0.4, -0.2) is 19.0 Å².